The number of carboxylic acid groups (broad SMARTS) is 1. The van der Waals surface area contributed by atoms with Gasteiger partial charge in [-0.25, -0.2) is 4.79 Å². The molecule has 0 aliphatic carbocycles. The van der Waals surface area contributed by atoms with Gasteiger partial charge in [0.05, 0.1) is 5.41 Å². The normalized spacial score (nSPS) is 15.3. The lowest BCUT2D eigenvalue weighted by Gasteiger charge is -2.25. The summed E-state index contributed by atoms with van der Waals surface area (Å²) in [7, 11) is 0. The van der Waals surface area contributed by atoms with Crippen LogP contribution < -0.4 is 0 Å². The fourth-order valence-electron chi connectivity index (χ4n) is 3.85. The zero-order valence-electron chi connectivity index (χ0n) is 20.4. The van der Waals surface area contributed by atoms with Gasteiger partial charge in [-0.15, -0.1) is 0 Å². The molecule has 1 aliphatic heterocycles. The van der Waals surface area contributed by atoms with Gasteiger partial charge >= 0.3 is 12.0 Å². The van der Waals surface area contributed by atoms with Gasteiger partial charge in [0.1, 0.15) is 6.54 Å². The fourth-order valence-corrected chi connectivity index (χ4v) is 3.85. The Hall–Kier alpha value is -1.63. The van der Waals surface area contributed by atoms with Crippen LogP contribution in [0, 0.1) is 10.8 Å². The third kappa shape index (κ3) is 10.0. The van der Waals surface area contributed by atoms with Crippen LogP contribution in [-0.4, -0.2) is 65.7 Å². The molecule has 0 aromatic rings. The van der Waals surface area contributed by atoms with Crippen LogP contribution in [0.2, 0.25) is 0 Å². The number of urea groups is 1. The molecule has 1 fully saturated rings. The first-order chi connectivity index (χ1) is 14.5. The molecule has 1 aliphatic rings. The average molecular weight is 441 g/mol. The standard InChI is InChI=1S/C24H44N2O5/c1-6-25-19-20(27)26(22(25)30)16-10-7-13-23(2,3)14-8-11-17-31-18-12-9-15-24(4,5)21(28)29/h6-19H2,1-5H3,(H,28,29). The van der Waals surface area contributed by atoms with Crippen molar-refractivity contribution in [3.05, 3.63) is 0 Å². The highest BCUT2D eigenvalue weighted by atomic mass is 16.5. The van der Waals surface area contributed by atoms with Crippen molar-refractivity contribution in [2.45, 2.75) is 92.4 Å². The number of nitrogens with zero attached hydrogens (tertiary/aromatic N) is 2. The smallest absolute Gasteiger partial charge is 0.327 e. The molecule has 0 aromatic carbocycles. The Kier molecular flexibility index (Phi) is 11.5. The molecule has 31 heavy (non-hydrogen) atoms. The summed E-state index contributed by atoms with van der Waals surface area (Å²) in [5.74, 6) is -0.811. The van der Waals surface area contributed by atoms with Crippen molar-refractivity contribution in [1.29, 1.82) is 0 Å². The van der Waals surface area contributed by atoms with E-state index in [1.54, 1.807) is 18.7 Å². The van der Waals surface area contributed by atoms with Crippen molar-refractivity contribution < 1.29 is 24.2 Å². The van der Waals surface area contributed by atoms with Gasteiger partial charge in [-0.1, -0.05) is 33.1 Å². The van der Waals surface area contributed by atoms with Gasteiger partial charge in [0.25, 0.3) is 0 Å². The number of carbonyl (C=O) groups is 3. The van der Waals surface area contributed by atoms with Crippen molar-refractivity contribution in [2.75, 3.05) is 32.8 Å². The molecular formula is C24H44N2O5. The highest BCUT2D eigenvalue weighted by molar-refractivity contribution is 6.01. The fraction of sp³-hybridized carbons (Fsp3) is 0.875. The SMILES string of the molecule is CCN1CC(=O)N(CCCCC(C)(C)CCCCOCCCCC(C)(C)C(=O)O)C1=O. The number of hydrogen-bond acceptors (Lipinski definition) is 4. The van der Waals surface area contributed by atoms with Crippen LogP contribution in [0.5, 0.6) is 0 Å². The van der Waals surface area contributed by atoms with E-state index < -0.39 is 11.4 Å². The van der Waals surface area contributed by atoms with Crippen LogP contribution in [0.15, 0.2) is 0 Å². The molecule has 0 saturated carbocycles. The minimum Gasteiger partial charge on any atom is -0.481 e. The Morgan fingerprint density at radius 1 is 0.935 bits per heavy atom. The van der Waals surface area contributed by atoms with Crippen LogP contribution in [-0.2, 0) is 14.3 Å². The Bertz CT molecular complexity index is 589. The first-order valence-corrected chi connectivity index (χ1v) is 11.9. The molecule has 1 rings (SSSR count). The van der Waals surface area contributed by atoms with Crippen LogP contribution >= 0.6 is 0 Å². The molecule has 1 heterocycles. The molecule has 0 atom stereocenters. The van der Waals surface area contributed by atoms with Gasteiger partial charge in [0, 0.05) is 26.3 Å². The Morgan fingerprint density at radius 2 is 1.48 bits per heavy atom. The molecule has 0 radical (unpaired) electrons. The summed E-state index contributed by atoms with van der Waals surface area (Å²) in [6.45, 7) is 12.8. The molecular weight excluding hydrogens is 396 g/mol. The highest BCUT2D eigenvalue weighted by Crippen LogP contribution is 2.30. The molecule has 180 valence electrons. The summed E-state index contributed by atoms with van der Waals surface area (Å²) in [4.78, 5) is 38.1. The van der Waals surface area contributed by atoms with E-state index in [9.17, 15) is 14.4 Å². The first-order valence-electron chi connectivity index (χ1n) is 11.9. The van der Waals surface area contributed by atoms with Crippen LogP contribution in [0.25, 0.3) is 0 Å². The predicted octanol–water partition coefficient (Wildman–Crippen LogP) is 4.94. The number of carbonyl (C=O) groups excluding carboxylic acids is 2. The topological polar surface area (TPSA) is 87.2 Å². The lowest BCUT2D eigenvalue weighted by molar-refractivity contribution is -0.147. The predicted molar refractivity (Wildman–Crippen MR) is 122 cm³/mol. The Balaban J connectivity index is 2.05. The summed E-state index contributed by atoms with van der Waals surface area (Å²) in [5.41, 5.74) is -0.405. The number of rotatable bonds is 17. The van der Waals surface area contributed by atoms with E-state index in [4.69, 9.17) is 9.84 Å². The molecule has 1 saturated heterocycles. The van der Waals surface area contributed by atoms with E-state index in [1.807, 2.05) is 6.92 Å². The molecule has 1 N–H and O–H groups in total. The van der Waals surface area contributed by atoms with Gasteiger partial charge in [0.15, 0.2) is 0 Å². The van der Waals surface area contributed by atoms with Crippen molar-refractivity contribution in [2.24, 2.45) is 10.8 Å². The maximum atomic E-state index is 12.1. The third-order valence-electron chi connectivity index (χ3n) is 6.31. The molecule has 0 spiro atoms. The maximum Gasteiger partial charge on any atom is 0.327 e. The van der Waals surface area contributed by atoms with E-state index in [0.29, 0.717) is 26.1 Å². The van der Waals surface area contributed by atoms with Crippen LogP contribution in [0.4, 0.5) is 4.79 Å². The summed E-state index contributed by atoms with van der Waals surface area (Å²) in [5, 5.41) is 9.10. The monoisotopic (exact) mass is 440 g/mol. The van der Waals surface area contributed by atoms with Crippen molar-refractivity contribution in [3.63, 3.8) is 0 Å². The van der Waals surface area contributed by atoms with E-state index in [1.165, 1.54) is 4.90 Å². The minimum atomic E-state index is -0.739. The maximum absolute atomic E-state index is 12.1. The van der Waals surface area contributed by atoms with E-state index in [0.717, 1.165) is 58.0 Å². The van der Waals surface area contributed by atoms with E-state index in [-0.39, 0.29) is 23.9 Å². The van der Waals surface area contributed by atoms with Gasteiger partial charge < -0.3 is 14.7 Å². The number of likely N-dealkylation sites (N-methyl/N-ethyl adjacent to an activating group) is 1. The van der Waals surface area contributed by atoms with Gasteiger partial charge in [-0.05, 0) is 64.7 Å². The minimum absolute atomic E-state index is 0.0725. The molecule has 0 unspecified atom stereocenters. The molecule has 0 bridgehead atoms. The number of amides is 3. The van der Waals surface area contributed by atoms with Crippen molar-refractivity contribution in [1.82, 2.24) is 9.80 Å². The zero-order chi connectivity index (χ0) is 23.5. The molecule has 3 amide bonds. The number of hydrogen-bond donors (Lipinski definition) is 1. The lowest BCUT2D eigenvalue weighted by atomic mass is 9.82. The third-order valence-corrected chi connectivity index (χ3v) is 6.31. The second-order valence-corrected chi connectivity index (χ2v) is 10.2. The Morgan fingerprint density at radius 3 is 2.00 bits per heavy atom. The van der Waals surface area contributed by atoms with Gasteiger partial charge in [-0.2, -0.15) is 0 Å². The summed E-state index contributed by atoms with van der Waals surface area (Å²) in [6, 6.07) is -0.141. The number of ether oxygens (including phenoxy) is 1. The first kappa shape index (κ1) is 27.4. The molecule has 0 aromatic heterocycles. The molecule has 7 heteroatoms. The van der Waals surface area contributed by atoms with Crippen LogP contribution in [0.3, 0.4) is 0 Å². The number of imide groups is 1. The second kappa shape index (κ2) is 13.0. The van der Waals surface area contributed by atoms with Gasteiger partial charge in [-0.3, -0.25) is 14.5 Å². The Labute approximate surface area is 188 Å². The van der Waals surface area contributed by atoms with Crippen molar-refractivity contribution >= 4 is 17.9 Å². The van der Waals surface area contributed by atoms with Crippen molar-refractivity contribution in [3.8, 4) is 0 Å². The summed E-state index contributed by atoms with van der Waals surface area (Å²) >= 11 is 0. The highest BCUT2D eigenvalue weighted by Gasteiger charge is 2.34. The number of aliphatic carboxylic acids is 1. The molecule has 7 nitrogen and oxygen atoms in total. The van der Waals surface area contributed by atoms with Gasteiger partial charge in [0.2, 0.25) is 5.91 Å². The zero-order valence-corrected chi connectivity index (χ0v) is 20.4. The van der Waals surface area contributed by atoms with E-state index in [2.05, 4.69) is 13.8 Å². The largest absolute Gasteiger partial charge is 0.481 e. The summed E-state index contributed by atoms with van der Waals surface area (Å²) < 4.78 is 5.70. The van der Waals surface area contributed by atoms with E-state index >= 15 is 0 Å². The number of carboxylic acids is 1. The van der Waals surface area contributed by atoms with Crippen LogP contribution in [0.1, 0.15) is 92.4 Å². The second-order valence-electron chi connectivity index (χ2n) is 10.2. The lowest BCUT2D eigenvalue weighted by Crippen LogP contribution is -2.33. The average Bonchev–Trinajstić information content (AvgIpc) is 2.96. The quantitative estimate of drug-likeness (QED) is 0.256. The number of unbranched alkanes of at least 4 members (excludes halogenated alkanes) is 3. The summed E-state index contributed by atoms with van der Waals surface area (Å²) in [6.07, 6.45) is 8.70.